The normalized spacial score (nSPS) is 12.9. The van der Waals surface area contributed by atoms with Crippen LogP contribution >= 0.6 is 0 Å². The number of carbonyl (C=O) groups is 1. The molecule has 1 aliphatic rings. The SMILES string of the molecule is O=C(Nc1ccc2c(c1)CCC2)c1cc(-c2ccccc2)on1. The van der Waals surface area contributed by atoms with E-state index in [1.807, 2.05) is 36.4 Å². The molecular formula is C19H16N2O2. The maximum atomic E-state index is 12.3. The molecule has 1 amide bonds. The average Bonchev–Trinajstić information content (AvgIpc) is 3.24. The van der Waals surface area contributed by atoms with Crippen LogP contribution in [0.25, 0.3) is 11.3 Å². The minimum atomic E-state index is -0.256. The van der Waals surface area contributed by atoms with Crippen LogP contribution in [0, 0.1) is 0 Å². The highest BCUT2D eigenvalue weighted by Gasteiger charge is 2.15. The first-order valence-electron chi connectivity index (χ1n) is 7.75. The number of benzene rings is 2. The van der Waals surface area contributed by atoms with Gasteiger partial charge >= 0.3 is 0 Å². The molecule has 4 nitrogen and oxygen atoms in total. The van der Waals surface area contributed by atoms with E-state index >= 15 is 0 Å². The zero-order valence-electron chi connectivity index (χ0n) is 12.6. The molecule has 1 N–H and O–H groups in total. The first-order chi connectivity index (χ1) is 11.3. The largest absolute Gasteiger partial charge is 0.355 e. The highest BCUT2D eigenvalue weighted by molar-refractivity contribution is 6.03. The summed E-state index contributed by atoms with van der Waals surface area (Å²) in [5.74, 6) is 0.332. The summed E-state index contributed by atoms with van der Waals surface area (Å²) in [6, 6.07) is 17.4. The summed E-state index contributed by atoms with van der Waals surface area (Å²) in [4.78, 5) is 12.3. The first-order valence-corrected chi connectivity index (χ1v) is 7.75. The van der Waals surface area contributed by atoms with Gasteiger partial charge in [-0.3, -0.25) is 4.79 Å². The third-order valence-electron chi connectivity index (χ3n) is 4.16. The van der Waals surface area contributed by atoms with Gasteiger partial charge in [-0.1, -0.05) is 41.6 Å². The van der Waals surface area contributed by atoms with Crippen molar-refractivity contribution in [1.82, 2.24) is 5.16 Å². The summed E-state index contributed by atoms with van der Waals surface area (Å²) in [7, 11) is 0. The number of hydrogen-bond acceptors (Lipinski definition) is 3. The fourth-order valence-corrected chi connectivity index (χ4v) is 2.97. The number of nitrogens with zero attached hydrogens (tertiary/aromatic N) is 1. The van der Waals surface area contributed by atoms with Crippen molar-refractivity contribution >= 4 is 11.6 Å². The van der Waals surface area contributed by atoms with Crippen molar-refractivity contribution in [2.45, 2.75) is 19.3 Å². The maximum Gasteiger partial charge on any atom is 0.277 e. The van der Waals surface area contributed by atoms with Crippen LogP contribution in [0.3, 0.4) is 0 Å². The van der Waals surface area contributed by atoms with Gasteiger partial charge in [0.05, 0.1) is 0 Å². The smallest absolute Gasteiger partial charge is 0.277 e. The molecule has 0 atom stereocenters. The van der Waals surface area contributed by atoms with Crippen molar-refractivity contribution in [3.8, 4) is 11.3 Å². The highest BCUT2D eigenvalue weighted by atomic mass is 16.5. The van der Waals surface area contributed by atoms with Gasteiger partial charge < -0.3 is 9.84 Å². The molecule has 23 heavy (non-hydrogen) atoms. The lowest BCUT2D eigenvalue weighted by atomic mass is 10.1. The molecule has 3 aromatic rings. The zero-order chi connectivity index (χ0) is 15.6. The summed E-state index contributed by atoms with van der Waals surface area (Å²) < 4.78 is 5.27. The van der Waals surface area contributed by atoms with Crippen LogP contribution in [-0.2, 0) is 12.8 Å². The van der Waals surface area contributed by atoms with Crippen molar-refractivity contribution in [3.63, 3.8) is 0 Å². The van der Waals surface area contributed by atoms with Crippen molar-refractivity contribution in [1.29, 1.82) is 0 Å². The number of carbonyl (C=O) groups excluding carboxylic acids is 1. The summed E-state index contributed by atoms with van der Waals surface area (Å²) in [6.07, 6.45) is 3.41. The molecule has 0 saturated heterocycles. The molecule has 0 bridgehead atoms. The van der Waals surface area contributed by atoms with Gasteiger partial charge in [0.1, 0.15) is 0 Å². The summed E-state index contributed by atoms with van der Waals surface area (Å²) in [6.45, 7) is 0. The Morgan fingerprint density at radius 1 is 1.00 bits per heavy atom. The zero-order valence-corrected chi connectivity index (χ0v) is 12.6. The minimum absolute atomic E-state index is 0.256. The number of nitrogens with one attached hydrogen (secondary N) is 1. The second-order valence-electron chi connectivity index (χ2n) is 5.73. The Balaban J connectivity index is 1.52. The molecule has 1 aliphatic carbocycles. The van der Waals surface area contributed by atoms with E-state index in [-0.39, 0.29) is 11.6 Å². The molecular weight excluding hydrogens is 288 g/mol. The lowest BCUT2D eigenvalue weighted by Gasteiger charge is -2.05. The molecule has 0 unspecified atom stereocenters. The maximum absolute atomic E-state index is 12.3. The Hall–Kier alpha value is -2.88. The van der Waals surface area contributed by atoms with E-state index in [4.69, 9.17) is 4.52 Å². The molecule has 4 rings (SSSR count). The van der Waals surface area contributed by atoms with Gasteiger partial charge in [-0.15, -0.1) is 0 Å². The Morgan fingerprint density at radius 3 is 2.70 bits per heavy atom. The average molecular weight is 304 g/mol. The van der Waals surface area contributed by atoms with Gasteiger partial charge in [0.25, 0.3) is 5.91 Å². The second-order valence-corrected chi connectivity index (χ2v) is 5.73. The van der Waals surface area contributed by atoms with Crippen LogP contribution in [-0.4, -0.2) is 11.1 Å². The standard InChI is InChI=1S/C19H16N2O2/c22-19(20-16-10-9-13-7-4-8-15(13)11-16)17-12-18(23-21-17)14-5-2-1-3-6-14/h1-3,5-6,9-12H,4,7-8H2,(H,20,22). The first kappa shape index (κ1) is 13.8. The van der Waals surface area contributed by atoms with Crippen LogP contribution in [0.1, 0.15) is 28.0 Å². The van der Waals surface area contributed by atoms with Gasteiger partial charge in [0, 0.05) is 17.3 Å². The minimum Gasteiger partial charge on any atom is -0.355 e. The Morgan fingerprint density at radius 2 is 1.83 bits per heavy atom. The molecule has 0 radical (unpaired) electrons. The van der Waals surface area contributed by atoms with E-state index in [1.54, 1.807) is 6.07 Å². The molecule has 2 aromatic carbocycles. The van der Waals surface area contributed by atoms with Gasteiger partial charge in [0.2, 0.25) is 0 Å². The molecule has 1 aromatic heterocycles. The fourth-order valence-electron chi connectivity index (χ4n) is 2.97. The second kappa shape index (κ2) is 5.72. The summed E-state index contributed by atoms with van der Waals surface area (Å²) in [5.41, 5.74) is 4.70. The monoisotopic (exact) mass is 304 g/mol. The Kier molecular flexibility index (Phi) is 3.42. The van der Waals surface area contributed by atoms with Crippen LogP contribution in [0.5, 0.6) is 0 Å². The number of aryl methyl sites for hydroxylation is 2. The highest BCUT2D eigenvalue weighted by Crippen LogP contribution is 2.25. The predicted molar refractivity (Wildman–Crippen MR) is 88.4 cm³/mol. The van der Waals surface area contributed by atoms with E-state index in [1.165, 1.54) is 17.5 Å². The molecule has 0 aliphatic heterocycles. The number of amides is 1. The predicted octanol–water partition coefficient (Wildman–Crippen LogP) is 4.08. The van der Waals surface area contributed by atoms with E-state index in [9.17, 15) is 4.79 Å². The van der Waals surface area contributed by atoms with Crippen LogP contribution in [0.15, 0.2) is 59.1 Å². The lowest BCUT2D eigenvalue weighted by molar-refractivity contribution is 0.101. The number of rotatable bonds is 3. The van der Waals surface area contributed by atoms with E-state index in [2.05, 4.69) is 22.6 Å². The van der Waals surface area contributed by atoms with Crippen LogP contribution < -0.4 is 5.32 Å². The summed E-state index contributed by atoms with van der Waals surface area (Å²) >= 11 is 0. The topological polar surface area (TPSA) is 55.1 Å². The number of hydrogen-bond donors (Lipinski definition) is 1. The Bertz CT molecular complexity index is 853. The van der Waals surface area contributed by atoms with Crippen molar-refractivity contribution in [2.24, 2.45) is 0 Å². The van der Waals surface area contributed by atoms with Gasteiger partial charge in [-0.2, -0.15) is 0 Å². The van der Waals surface area contributed by atoms with E-state index in [0.29, 0.717) is 5.76 Å². The van der Waals surface area contributed by atoms with Gasteiger partial charge in [-0.05, 0) is 42.5 Å². The molecule has 0 spiro atoms. The van der Waals surface area contributed by atoms with Gasteiger partial charge in [-0.25, -0.2) is 0 Å². The lowest BCUT2D eigenvalue weighted by Crippen LogP contribution is -2.12. The molecule has 4 heteroatoms. The molecule has 1 heterocycles. The van der Waals surface area contributed by atoms with E-state index in [0.717, 1.165) is 24.1 Å². The number of aromatic nitrogens is 1. The molecule has 0 fully saturated rings. The van der Waals surface area contributed by atoms with Gasteiger partial charge in [0.15, 0.2) is 11.5 Å². The van der Waals surface area contributed by atoms with Crippen molar-refractivity contribution < 1.29 is 9.32 Å². The van der Waals surface area contributed by atoms with Crippen molar-refractivity contribution in [2.75, 3.05) is 5.32 Å². The molecule has 114 valence electrons. The molecule has 0 saturated carbocycles. The quantitative estimate of drug-likeness (QED) is 0.793. The van der Waals surface area contributed by atoms with E-state index < -0.39 is 0 Å². The number of anilines is 1. The van der Waals surface area contributed by atoms with Crippen molar-refractivity contribution in [3.05, 3.63) is 71.4 Å². The Labute approximate surface area is 134 Å². The number of fused-ring (bicyclic) bond motifs is 1. The third-order valence-corrected chi connectivity index (χ3v) is 4.16. The fraction of sp³-hybridized carbons (Fsp3) is 0.158. The summed E-state index contributed by atoms with van der Waals surface area (Å²) in [5, 5.41) is 6.77. The van der Waals surface area contributed by atoms with Crippen LogP contribution in [0.2, 0.25) is 0 Å². The van der Waals surface area contributed by atoms with Crippen LogP contribution in [0.4, 0.5) is 5.69 Å². The third kappa shape index (κ3) is 2.75.